The molecule has 0 aromatic carbocycles. The lowest BCUT2D eigenvalue weighted by atomic mass is 10.3. The Morgan fingerprint density at radius 1 is 0.923 bits per heavy atom. The first-order valence-electron chi connectivity index (χ1n) is 8.94. The molecule has 136 valence electrons. The SMILES string of the molecule is O=CN1CCN(C(=O)c2nc(C(=O)N3CCCC3)c3ccccn23)CC1. The number of amides is 3. The van der Waals surface area contributed by atoms with Crippen LogP contribution in [0, 0.1) is 0 Å². The van der Waals surface area contributed by atoms with Crippen LogP contribution in [0.15, 0.2) is 24.4 Å². The molecule has 26 heavy (non-hydrogen) atoms. The van der Waals surface area contributed by atoms with Crippen LogP contribution in [-0.2, 0) is 4.79 Å². The van der Waals surface area contributed by atoms with Crippen LogP contribution in [0.2, 0.25) is 0 Å². The van der Waals surface area contributed by atoms with Crippen molar-refractivity contribution in [2.75, 3.05) is 39.3 Å². The molecule has 3 amide bonds. The summed E-state index contributed by atoms with van der Waals surface area (Å²) in [6.45, 7) is 3.43. The lowest BCUT2D eigenvalue weighted by Gasteiger charge is -2.32. The van der Waals surface area contributed by atoms with Crippen molar-refractivity contribution in [3.63, 3.8) is 0 Å². The van der Waals surface area contributed by atoms with E-state index in [-0.39, 0.29) is 17.6 Å². The number of likely N-dealkylation sites (tertiary alicyclic amines) is 1. The minimum atomic E-state index is -0.211. The molecule has 0 aliphatic carbocycles. The molecule has 0 saturated carbocycles. The molecule has 0 unspecified atom stereocenters. The number of nitrogens with zero attached hydrogens (tertiary/aromatic N) is 5. The molecule has 4 heterocycles. The van der Waals surface area contributed by atoms with Gasteiger partial charge >= 0.3 is 0 Å². The summed E-state index contributed by atoms with van der Waals surface area (Å²) in [5.74, 6) is -0.0732. The third-order valence-corrected chi connectivity index (χ3v) is 5.09. The number of piperazine rings is 1. The van der Waals surface area contributed by atoms with Crippen LogP contribution < -0.4 is 0 Å². The van der Waals surface area contributed by atoms with Gasteiger partial charge in [0.1, 0.15) is 0 Å². The van der Waals surface area contributed by atoms with Gasteiger partial charge in [-0.25, -0.2) is 4.98 Å². The fourth-order valence-corrected chi connectivity index (χ4v) is 3.59. The van der Waals surface area contributed by atoms with Crippen LogP contribution in [0.1, 0.15) is 33.9 Å². The highest BCUT2D eigenvalue weighted by molar-refractivity contribution is 6.02. The monoisotopic (exact) mass is 355 g/mol. The molecule has 2 aromatic rings. The number of aromatic nitrogens is 2. The molecule has 0 N–H and O–H groups in total. The fraction of sp³-hybridized carbons (Fsp3) is 0.444. The summed E-state index contributed by atoms with van der Waals surface area (Å²) in [4.78, 5) is 46.2. The number of carbonyl (C=O) groups is 3. The van der Waals surface area contributed by atoms with E-state index in [0.29, 0.717) is 37.4 Å². The number of rotatable bonds is 3. The summed E-state index contributed by atoms with van der Waals surface area (Å²) in [6.07, 6.45) is 4.58. The van der Waals surface area contributed by atoms with Crippen molar-refractivity contribution < 1.29 is 14.4 Å². The van der Waals surface area contributed by atoms with Crippen molar-refractivity contribution in [2.45, 2.75) is 12.8 Å². The lowest BCUT2D eigenvalue weighted by molar-refractivity contribution is -0.119. The Bertz CT molecular complexity index is 848. The van der Waals surface area contributed by atoms with Crippen molar-refractivity contribution in [2.24, 2.45) is 0 Å². The normalized spacial score (nSPS) is 17.8. The maximum Gasteiger partial charge on any atom is 0.290 e. The van der Waals surface area contributed by atoms with Crippen molar-refractivity contribution in [1.29, 1.82) is 0 Å². The van der Waals surface area contributed by atoms with Crippen molar-refractivity contribution in [3.8, 4) is 0 Å². The molecule has 0 atom stereocenters. The zero-order valence-corrected chi connectivity index (χ0v) is 14.5. The van der Waals surface area contributed by atoms with Crippen LogP contribution in [0.25, 0.3) is 5.52 Å². The van der Waals surface area contributed by atoms with E-state index in [1.165, 1.54) is 0 Å². The van der Waals surface area contributed by atoms with Crippen LogP contribution in [-0.4, -0.2) is 81.6 Å². The van der Waals surface area contributed by atoms with Gasteiger partial charge in [-0.2, -0.15) is 0 Å². The van der Waals surface area contributed by atoms with Gasteiger partial charge in [0, 0.05) is 45.5 Å². The van der Waals surface area contributed by atoms with Crippen LogP contribution in [0.4, 0.5) is 0 Å². The molecule has 2 aliphatic heterocycles. The Labute approximate surface area is 151 Å². The average molecular weight is 355 g/mol. The maximum atomic E-state index is 13.0. The van der Waals surface area contributed by atoms with Crippen LogP contribution >= 0.6 is 0 Å². The Morgan fingerprint density at radius 2 is 1.62 bits per heavy atom. The molecule has 2 saturated heterocycles. The van der Waals surface area contributed by atoms with Crippen LogP contribution in [0.5, 0.6) is 0 Å². The summed E-state index contributed by atoms with van der Waals surface area (Å²) in [5.41, 5.74) is 0.988. The van der Waals surface area contributed by atoms with Crippen molar-refractivity contribution in [3.05, 3.63) is 35.9 Å². The van der Waals surface area contributed by atoms with Gasteiger partial charge in [0.25, 0.3) is 11.8 Å². The molecular weight excluding hydrogens is 334 g/mol. The Kier molecular flexibility index (Phi) is 4.32. The lowest BCUT2D eigenvalue weighted by Crippen LogP contribution is -2.48. The standard InChI is InChI=1S/C18H21N5O3/c24-13-20-9-11-22(12-10-20)18(26)16-19-15(14-5-1-2-8-23(14)16)17(25)21-6-3-4-7-21/h1-2,5,8,13H,3-4,6-7,9-12H2. The molecule has 0 bridgehead atoms. The van der Waals surface area contributed by atoms with Gasteiger partial charge in [0.05, 0.1) is 5.52 Å². The predicted octanol–water partition coefficient (Wildman–Crippen LogP) is 0.484. The summed E-state index contributed by atoms with van der Waals surface area (Å²) in [6, 6.07) is 5.48. The number of carbonyl (C=O) groups excluding carboxylic acids is 3. The van der Waals surface area contributed by atoms with E-state index in [0.717, 1.165) is 32.3 Å². The van der Waals surface area contributed by atoms with Gasteiger partial charge < -0.3 is 14.7 Å². The number of pyridine rings is 1. The predicted molar refractivity (Wildman–Crippen MR) is 93.9 cm³/mol. The molecule has 2 fully saturated rings. The number of imidazole rings is 1. The average Bonchev–Trinajstić information content (AvgIpc) is 3.35. The minimum Gasteiger partial charge on any atom is -0.342 e. The quantitative estimate of drug-likeness (QED) is 0.751. The van der Waals surface area contributed by atoms with E-state index in [9.17, 15) is 14.4 Å². The third-order valence-electron chi connectivity index (χ3n) is 5.09. The first-order valence-corrected chi connectivity index (χ1v) is 8.94. The molecular formula is C18H21N5O3. The van der Waals surface area contributed by atoms with Gasteiger partial charge in [-0.3, -0.25) is 18.8 Å². The van der Waals surface area contributed by atoms with E-state index in [1.807, 2.05) is 18.2 Å². The first kappa shape index (κ1) is 16.6. The van der Waals surface area contributed by atoms with E-state index in [1.54, 1.807) is 25.3 Å². The molecule has 0 spiro atoms. The molecule has 2 aromatic heterocycles. The topological polar surface area (TPSA) is 78.2 Å². The highest BCUT2D eigenvalue weighted by Gasteiger charge is 2.29. The molecule has 4 rings (SSSR count). The second-order valence-corrected chi connectivity index (χ2v) is 6.67. The minimum absolute atomic E-state index is 0.115. The summed E-state index contributed by atoms with van der Waals surface area (Å²) < 4.78 is 1.69. The van der Waals surface area contributed by atoms with Gasteiger partial charge in [0.2, 0.25) is 12.2 Å². The highest BCUT2D eigenvalue weighted by atomic mass is 16.2. The van der Waals surface area contributed by atoms with Gasteiger partial charge in [0.15, 0.2) is 5.69 Å². The summed E-state index contributed by atoms with van der Waals surface area (Å²) in [7, 11) is 0. The van der Waals surface area contributed by atoms with E-state index >= 15 is 0 Å². The summed E-state index contributed by atoms with van der Waals surface area (Å²) >= 11 is 0. The Morgan fingerprint density at radius 3 is 2.31 bits per heavy atom. The number of hydrogen-bond acceptors (Lipinski definition) is 4. The number of hydrogen-bond donors (Lipinski definition) is 0. The zero-order chi connectivity index (χ0) is 18.1. The second kappa shape index (κ2) is 6.78. The number of fused-ring (bicyclic) bond motifs is 1. The van der Waals surface area contributed by atoms with Gasteiger partial charge in [-0.15, -0.1) is 0 Å². The van der Waals surface area contributed by atoms with E-state index in [4.69, 9.17) is 0 Å². The van der Waals surface area contributed by atoms with Gasteiger partial charge in [-0.1, -0.05) is 6.07 Å². The van der Waals surface area contributed by atoms with E-state index < -0.39 is 0 Å². The first-order chi connectivity index (χ1) is 12.7. The van der Waals surface area contributed by atoms with Gasteiger partial charge in [-0.05, 0) is 25.0 Å². The summed E-state index contributed by atoms with van der Waals surface area (Å²) in [5, 5.41) is 0. The highest BCUT2D eigenvalue weighted by Crippen LogP contribution is 2.19. The third kappa shape index (κ3) is 2.81. The van der Waals surface area contributed by atoms with E-state index in [2.05, 4.69) is 4.98 Å². The fourth-order valence-electron chi connectivity index (χ4n) is 3.59. The largest absolute Gasteiger partial charge is 0.342 e. The molecule has 2 aliphatic rings. The molecule has 8 nitrogen and oxygen atoms in total. The molecule has 8 heteroatoms. The molecule has 0 radical (unpaired) electrons. The smallest absolute Gasteiger partial charge is 0.290 e. The van der Waals surface area contributed by atoms with Crippen molar-refractivity contribution >= 4 is 23.7 Å². The zero-order valence-electron chi connectivity index (χ0n) is 14.5. The second-order valence-electron chi connectivity index (χ2n) is 6.67. The maximum absolute atomic E-state index is 13.0. The Hall–Kier alpha value is -2.90. The Balaban J connectivity index is 1.66. The van der Waals surface area contributed by atoms with Crippen LogP contribution in [0.3, 0.4) is 0 Å². The van der Waals surface area contributed by atoms with Crippen molar-refractivity contribution in [1.82, 2.24) is 24.1 Å².